The molecule has 1 aromatic rings. The summed E-state index contributed by atoms with van der Waals surface area (Å²) in [5, 5.41) is 2.86. The Bertz CT molecular complexity index is 458. The number of furan rings is 1. The minimum Gasteiger partial charge on any atom is -0.467 e. The Labute approximate surface area is 124 Å². The van der Waals surface area contributed by atoms with Crippen molar-refractivity contribution in [2.45, 2.75) is 26.4 Å². The van der Waals surface area contributed by atoms with Gasteiger partial charge in [0.2, 0.25) is 11.8 Å². The van der Waals surface area contributed by atoms with Gasteiger partial charge in [0.25, 0.3) is 0 Å². The Balaban J connectivity index is 1.54. The standard InChI is InChI=1S/C15H22N2O4/c1-2-17-10-12(9-14(17)18)15(19)16-6-4-7-20-11-13-5-3-8-21-13/h3,5,8,12H,2,4,6-7,9-11H2,1H3,(H,16,19). The first-order valence-electron chi connectivity index (χ1n) is 7.36. The molecule has 0 spiro atoms. The van der Waals surface area contributed by atoms with Crippen LogP contribution >= 0.6 is 0 Å². The summed E-state index contributed by atoms with van der Waals surface area (Å²) in [6.45, 7) is 4.71. The van der Waals surface area contributed by atoms with E-state index in [-0.39, 0.29) is 17.7 Å². The molecule has 2 rings (SSSR count). The van der Waals surface area contributed by atoms with Gasteiger partial charge in [0, 0.05) is 32.7 Å². The average Bonchev–Trinajstić information content (AvgIpc) is 3.11. The van der Waals surface area contributed by atoms with Crippen molar-refractivity contribution in [1.29, 1.82) is 0 Å². The number of carbonyl (C=O) groups is 2. The van der Waals surface area contributed by atoms with Crippen LogP contribution in [0.4, 0.5) is 0 Å². The van der Waals surface area contributed by atoms with Crippen LogP contribution in [0.15, 0.2) is 22.8 Å². The zero-order valence-electron chi connectivity index (χ0n) is 12.3. The van der Waals surface area contributed by atoms with Crippen molar-refractivity contribution < 1.29 is 18.7 Å². The molecule has 1 aliphatic heterocycles. The molecule has 21 heavy (non-hydrogen) atoms. The quantitative estimate of drug-likeness (QED) is 0.731. The summed E-state index contributed by atoms with van der Waals surface area (Å²) < 4.78 is 10.6. The van der Waals surface area contributed by atoms with Crippen LogP contribution in [0.25, 0.3) is 0 Å². The van der Waals surface area contributed by atoms with Crippen molar-refractivity contribution in [3.63, 3.8) is 0 Å². The van der Waals surface area contributed by atoms with Gasteiger partial charge in [-0.3, -0.25) is 9.59 Å². The number of rotatable bonds is 8. The third-order valence-electron chi connectivity index (χ3n) is 3.56. The largest absolute Gasteiger partial charge is 0.467 e. The fourth-order valence-corrected chi connectivity index (χ4v) is 2.35. The van der Waals surface area contributed by atoms with Crippen LogP contribution in [0, 0.1) is 5.92 Å². The van der Waals surface area contributed by atoms with E-state index in [0.29, 0.717) is 39.3 Å². The van der Waals surface area contributed by atoms with Crippen molar-refractivity contribution in [3.05, 3.63) is 24.2 Å². The highest BCUT2D eigenvalue weighted by Crippen LogP contribution is 2.17. The highest BCUT2D eigenvalue weighted by molar-refractivity contribution is 5.89. The first-order chi connectivity index (χ1) is 10.2. The van der Waals surface area contributed by atoms with Gasteiger partial charge in [-0.1, -0.05) is 0 Å². The fraction of sp³-hybridized carbons (Fsp3) is 0.600. The third-order valence-corrected chi connectivity index (χ3v) is 3.56. The van der Waals surface area contributed by atoms with Gasteiger partial charge in [-0.25, -0.2) is 0 Å². The number of carbonyl (C=O) groups excluding carboxylic acids is 2. The first-order valence-corrected chi connectivity index (χ1v) is 7.36. The zero-order chi connectivity index (χ0) is 15.1. The van der Waals surface area contributed by atoms with Crippen molar-refractivity contribution in [3.8, 4) is 0 Å². The van der Waals surface area contributed by atoms with E-state index in [9.17, 15) is 9.59 Å². The summed E-state index contributed by atoms with van der Waals surface area (Å²) in [4.78, 5) is 25.2. The lowest BCUT2D eigenvalue weighted by atomic mass is 10.1. The van der Waals surface area contributed by atoms with Crippen molar-refractivity contribution >= 4 is 11.8 Å². The molecule has 0 radical (unpaired) electrons. The highest BCUT2D eigenvalue weighted by atomic mass is 16.5. The number of likely N-dealkylation sites (tertiary alicyclic amines) is 1. The third kappa shape index (κ3) is 4.60. The van der Waals surface area contributed by atoms with Crippen LogP contribution in [-0.2, 0) is 20.9 Å². The molecule has 1 saturated heterocycles. The molecule has 6 heteroatoms. The number of amides is 2. The lowest BCUT2D eigenvalue weighted by molar-refractivity contribution is -0.128. The van der Waals surface area contributed by atoms with E-state index in [2.05, 4.69) is 5.32 Å². The van der Waals surface area contributed by atoms with Gasteiger partial charge < -0.3 is 19.4 Å². The van der Waals surface area contributed by atoms with Crippen molar-refractivity contribution in [2.75, 3.05) is 26.2 Å². The van der Waals surface area contributed by atoms with E-state index in [4.69, 9.17) is 9.15 Å². The van der Waals surface area contributed by atoms with Gasteiger partial charge in [0.15, 0.2) is 0 Å². The van der Waals surface area contributed by atoms with Crippen LogP contribution in [0.2, 0.25) is 0 Å². The number of ether oxygens (including phenoxy) is 1. The normalized spacial score (nSPS) is 18.2. The summed E-state index contributed by atoms with van der Waals surface area (Å²) in [6.07, 6.45) is 2.68. The molecule has 6 nitrogen and oxygen atoms in total. The summed E-state index contributed by atoms with van der Waals surface area (Å²) in [6, 6.07) is 3.68. The Hall–Kier alpha value is -1.82. The average molecular weight is 294 g/mol. The molecule has 0 saturated carbocycles. The number of nitrogens with zero attached hydrogens (tertiary/aromatic N) is 1. The van der Waals surface area contributed by atoms with Crippen molar-refractivity contribution in [1.82, 2.24) is 10.2 Å². The molecule has 116 valence electrons. The zero-order valence-corrected chi connectivity index (χ0v) is 12.3. The van der Waals surface area contributed by atoms with Gasteiger partial charge in [0.05, 0.1) is 12.2 Å². The summed E-state index contributed by atoms with van der Waals surface area (Å²) in [5.74, 6) is 0.620. The maximum Gasteiger partial charge on any atom is 0.225 e. The Morgan fingerprint density at radius 3 is 3.10 bits per heavy atom. The molecule has 1 unspecified atom stereocenters. The van der Waals surface area contributed by atoms with Crippen LogP contribution in [0.1, 0.15) is 25.5 Å². The van der Waals surface area contributed by atoms with Crippen LogP contribution in [-0.4, -0.2) is 43.0 Å². The predicted molar refractivity (Wildman–Crippen MR) is 76.4 cm³/mol. The lowest BCUT2D eigenvalue weighted by Gasteiger charge is -2.13. The van der Waals surface area contributed by atoms with Gasteiger partial charge in [0.1, 0.15) is 12.4 Å². The second-order valence-electron chi connectivity index (χ2n) is 5.11. The maximum absolute atomic E-state index is 11.9. The summed E-state index contributed by atoms with van der Waals surface area (Å²) in [7, 11) is 0. The molecule has 1 fully saturated rings. The highest BCUT2D eigenvalue weighted by Gasteiger charge is 2.32. The SMILES string of the molecule is CCN1CC(C(=O)NCCCOCc2ccco2)CC1=O. The molecule has 1 aliphatic rings. The molecule has 2 heterocycles. The van der Waals surface area contributed by atoms with Crippen LogP contribution in [0.5, 0.6) is 0 Å². The molecule has 1 N–H and O–H groups in total. The molecule has 2 amide bonds. The number of hydrogen-bond acceptors (Lipinski definition) is 4. The van der Waals surface area contributed by atoms with E-state index in [1.54, 1.807) is 11.2 Å². The second kappa shape index (κ2) is 7.83. The lowest BCUT2D eigenvalue weighted by Crippen LogP contribution is -2.33. The minimum atomic E-state index is -0.207. The monoisotopic (exact) mass is 294 g/mol. The molecule has 1 aromatic heterocycles. The fourth-order valence-electron chi connectivity index (χ4n) is 2.35. The first kappa shape index (κ1) is 15.6. The summed E-state index contributed by atoms with van der Waals surface area (Å²) >= 11 is 0. The summed E-state index contributed by atoms with van der Waals surface area (Å²) in [5.41, 5.74) is 0. The molecule has 0 aliphatic carbocycles. The molecule has 0 bridgehead atoms. The Morgan fingerprint density at radius 2 is 2.43 bits per heavy atom. The minimum absolute atomic E-state index is 0.0367. The van der Waals surface area contributed by atoms with Crippen LogP contribution < -0.4 is 5.32 Å². The van der Waals surface area contributed by atoms with E-state index in [0.717, 1.165) is 12.2 Å². The van der Waals surface area contributed by atoms with Crippen molar-refractivity contribution in [2.24, 2.45) is 5.92 Å². The Morgan fingerprint density at radius 1 is 1.57 bits per heavy atom. The molecular weight excluding hydrogens is 272 g/mol. The smallest absolute Gasteiger partial charge is 0.225 e. The van der Waals surface area contributed by atoms with Gasteiger partial charge in [-0.05, 0) is 25.5 Å². The van der Waals surface area contributed by atoms with Gasteiger partial charge >= 0.3 is 0 Å². The molecule has 0 aromatic carbocycles. The van der Waals surface area contributed by atoms with Gasteiger partial charge in [-0.15, -0.1) is 0 Å². The topological polar surface area (TPSA) is 71.8 Å². The maximum atomic E-state index is 11.9. The Kier molecular flexibility index (Phi) is 5.80. The predicted octanol–water partition coefficient (Wildman–Crippen LogP) is 1.17. The molecule has 1 atom stereocenters. The van der Waals surface area contributed by atoms with E-state index in [1.807, 2.05) is 19.1 Å². The van der Waals surface area contributed by atoms with E-state index >= 15 is 0 Å². The van der Waals surface area contributed by atoms with E-state index < -0.39 is 0 Å². The second-order valence-corrected chi connectivity index (χ2v) is 5.11. The molecular formula is C15H22N2O4. The van der Waals surface area contributed by atoms with Crippen LogP contribution in [0.3, 0.4) is 0 Å². The van der Waals surface area contributed by atoms with E-state index in [1.165, 1.54) is 0 Å². The number of nitrogens with one attached hydrogen (secondary N) is 1. The number of hydrogen-bond donors (Lipinski definition) is 1. The van der Waals surface area contributed by atoms with Gasteiger partial charge in [-0.2, -0.15) is 0 Å².